The molecule has 0 saturated heterocycles. The quantitative estimate of drug-likeness (QED) is 0.777. The van der Waals surface area contributed by atoms with Gasteiger partial charge in [0.2, 0.25) is 0 Å². The molecule has 0 aliphatic rings. The Morgan fingerprint density at radius 1 is 1.25 bits per heavy atom. The molecule has 1 aromatic carbocycles. The van der Waals surface area contributed by atoms with Crippen molar-refractivity contribution in [2.24, 2.45) is 0 Å². The molecule has 0 heterocycles. The molecule has 0 aromatic heterocycles. The zero-order valence-electron chi connectivity index (χ0n) is 9.49. The number of hydrogen-bond donors (Lipinski definition) is 1. The van der Waals surface area contributed by atoms with Gasteiger partial charge in [-0.05, 0) is 25.0 Å². The van der Waals surface area contributed by atoms with E-state index in [1.54, 1.807) is 0 Å². The van der Waals surface area contributed by atoms with Crippen molar-refractivity contribution in [3.05, 3.63) is 28.0 Å². The highest BCUT2D eigenvalue weighted by Crippen LogP contribution is 2.32. The maximum atomic E-state index is 13.0. The van der Waals surface area contributed by atoms with Crippen molar-refractivity contribution in [2.45, 2.75) is 39.2 Å². The first-order valence-electron chi connectivity index (χ1n) is 5.49. The maximum Gasteiger partial charge on any atom is 0.126 e. The van der Waals surface area contributed by atoms with Crippen molar-refractivity contribution in [1.29, 1.82) is 0 Å². The minimum atomic E-state index is -0.413. The Morgan fingerprint density at radius 2 is 1.81 bits per heavy atom. The normalized spacial score (nSPS) is 12.6. The molecule has 0 aliphatic carbocycles. The van der Waals surface area contributed by atoms with Crippen molar-refractivity contribution in [3.8, 4) is 0 Å². The van der Waals surface area contributed by atoms with Crippen molar-refractivity contribution in [1.82, 2.24) is 0 Å². The highest BCUT2D eigenvalue weighted by Gasteiger charge is 2.12. The molecule has 0 fully saturated rings. The van der Waals surface area contributed by atoms with Crippen LogP contribution >= 0.6 is 23.2 Å². The summed E-state index contributed by atoms with van der Waals surface area (Å²) in [5.41, 5.74) is 0.630. The molecule has 0 radical (unpaired) electrons. The lowest BCUT2D eigenvalue weighted by Gasteiger charge is -2.19. The second kappa shape index (κ2) is 6.31. The summed E-state index contributed by atoms with van der Waals surface area (Å²) < 4.78 is 13.0. The van der Waals surface area contributed by atoms with Crippen molar-refractivity contribution >= 4 is 28.9 Å². The van der Waals surface area contributed by atoms with E-state index in [4.69, 9.17) is 23.2 Å². The monoisotopic (exact) mass is 263 g/mol. The third-order valence-electron chi connectivity index (χ3n) is 2.49. The molecule has 4 heteroatoms. The van der Waals surface area contributed by atoms with Crippen LogP contribution in [0.2, 0.25) is 10.0 Å². The molecule has 0 amide bonds. The van der Waals surface area contributed by atoms with Crippen LogP contribution in [0.1, 0.15) is 33.1 Å². The lowest BCUT2D eigenvalue weighted by Crippen LogP contribution is -2.18. The van der Waals surface area contributed by atoms with Crippen LogP contribution in [0.4, 0.5) is 10.1 Å². The van der Waals surface area contributed by atoms with Gasteiger partial charge < -0.3 is 5.32 Å². The predicted molar refractivity (Wildman–Crippen MR) is 69.0 cm³/mol. The Labute approximate surface area is 106 Å². The molecule has 1 nitrogen and oxygen atoms in total. The molecule has 0 aliphatic heterocycles. The van der Waals surface area contributed by atoms with Gasteiger partial charge in [0.25, 0.3) is 0 Å². The van der Waals surface area contributed by atoms with Gasteiger partial charge in [0, 0.05) is 6.04 Å². The largest absolute Gasteiger partial charge is 0.380 e. The number of benzene rings is 1. The Kier molecular flexibility index (Phi) is 5.36. The molecule has 1 N–H and O–H groups in total. The smallest absolute Gasteiger partial charge is 0.126 e. The molecule has 0 spiro atoms. The summed E-state index contributed by atoms with van der Waals surface area (Å²) in [4.78, 5) is 0. The molecule has 0 saturated carbocycles. The average Bonchev–Trinajstić information content (AvgIpc) is 2.21. The number of halogens is 3. The number of anilines is 1. The molecule has 1 rings (SSSR count). The minimum absolute atomic E-state index is 0.325. The van der Waals surface area contributed by atoms with Gasteiger partial charge in [0.1, 0.15) is 5.82 Å². The van der Waals surface area contributed by atoms with Gasteiger partial charge in [-0.1, -0.05) is 43.5 Å². The Hall–Kier alpha value is -0.470. The van der Waals surface area contributed by atoms with E-state index in [1.807, 2.05) is 0 Å². The van der Waals surface area contributed by atoms with Crippen LogP contribution in [0.3, 0.4) is 0 Å². The molecule has 0 bridgehead atoms. The molecule has 90 valence electrons. The van der Waals surface area contributed by atoms with E-state index in [1.165, 1.54) is 12.1 Å². The van der Waals surface area contributed by atoms with E-state index in [0.29, 0.717) is 21.8 Å². The fraction of sp³-hybridized carbons (Fsp3) is 0.500. The van der Waals surface area contributed by atoms with Crippen LogP contribution in [0.25, 0.3) is 0 Å². The lowest BCUT2D eigenvalue weighted by atomic mass is 10.1. The zero-order chi connectivity index (χ0) is 12.1. The molecule has 1 atom stereocenters. The molecule has 1 aromatic rings. The van der Waals surface area contributed by atoms with E-state index in [9.17, 15) is 4.39 Å². The van der Waals surface area contributed by atoms with Gasteiger partial charge in [-0.3, -0.25) is 0 Å². The fourth-order valence-electron chi connectivity index (χ4n) is 1.61. The summed E-state index contributed by atoms with van der Waals surface area (Å²) in [5.74, 6) is -0.413. The van der Waals surface area contributed by atoms with Gasteiger partial charge in [-0.25, -0.2) is 4.39 Å². The second-order valence-corrected chi connectivity index (χ2v) is 4.60. The average molecular weight is 264 g/mol. The molecular formula is C12H16Cl2FN. The van der Waals surface area contributed by atoms with Gasteiger partial charge >= 0.3 is 0 Å². The predicted octanol–water partition coefficient (Wildman–Crippen LogP) is 5.12. The number of hydrogen-bond acceptors (Lipinski definition) is 1. The Morgan fingerprint density at radius 3 is 2.25 bits per heavy atom. The zero-order valence-corrected chi connectivity index (χ0v) is 11.0. The van der Waals surface area contributed by atoms with Gasteiger partial charge in [-0.2, -0.15) is 0 Å². The molecular weight excluding hydrogens is 248 g/mol. The standard InChI is InChI=1S/C12H16Cl2FN/c1-3-5-9(4-2)16-12-10(13)6-8(15)7-11(12)14/h6-7,9,16H,3-5H2,1-2H3. The third-order valence-corrected chi connectivity index (χ3v) is 3.08. The first kappa shape index (κ1) is 13.6. The van der Waals surface area contributed by atoms with Gasteiger partial charge in [0.15, 0.2) is 0 Å². The van der Waals surface area contributed by atoms with Crippen molar-refractivity contribution in [3.63, 3.8) is 0 Å². The highest BCUT2D eigenvalue weighted by atomic mass is 35.5. The second-order valence-electron chi connectivity index (χ2n) is 3.78. The van der Waals surface area contributed by atoms with Crippen molar-refractivity contribution in [2.75, 3.05) is 5.32 Å². The summed E-state index contributed by atoms with van der Waals surface area (Å²) in [5, 5.41) is 3.93. The summed E-state index contributed by atoms with van der Waals surface area (Å²) >= 11 is 11.9. The topological polar surface area (TPSA) is 12.0 Å². The van der Waals surface area contributed by atoms with Crippen molar-refractivity contribution < 1.29 is 4.39 Å². The number of nitrogens with one attached hydrogen (secondary N) is 1. The maximum absolute atomic E-state index is 13.0. The van der Waals surface area contributed by atoms with Crippen LogP contribution < -0.4 is 5.32 Å². The molecule has 16 heavy (non-hydrogen) atoms. The summed E-state index contributed by atoms with van der Waals surface area (Å²) in [6.07, 6.45) is 3.11. The first-order valence-corrected chi connectivity index (χ1v) is 6.25. The SMILES string of the molecule is CCCC(CC)Nc1c(Cl)cc(F)cc1Cl. The van der Waals surface area contributed by atoms with Crippen LogP contribution in [0.5, 0.6) is 0 Å². The first-order chi connectivity index (χ1) is 7.58. The van der Waals surface area contributed by atoms with E-state index in [-0.39, 0.29) is 0 Å². The summed E-state index contributed by atoms with van der Waals surface area (Å²) in [6.45, 7) is 4.22. The molecule has 1 unspecified atom stereocenters. The van der Waals surface area contributed by atoms with Gasteiger partial charge in [0.05, 0.1) is 15.7 Å². The summed E-state index contributed by atoms with van der Waals surface area (Å²) in [6, 6.07) is 2.87. The lowest BCUT2D eigenvalue weighted by molar-refractivity contribution is 0.619. The Bertz CT molecular complexity index is 332. The van der Waals surface area contributed by atoms with Gasteiger partial charge in [-0.15, -0.1) is 0 Å². The fourth-order valence-corrected chi connectivity index (χ4v) is 2.18. The van der Waals surface area contributed by atoms with Crippen LogP contribution in [0, 0.1) is 5.82 Å². The van der Waals surface area contributed by atoms with E-state index >= 15 is 0 Å². The van der Waals surface area contributed by atoms with Crippen LogP contribution in [-0.4, -0.2) is 6.04 Å². The minimum Gasteiger partial charge on any atom is -0.380 e. The number of rotatable bonds is 5. The van der Waals surface area contributed by atoms with E-state index < -0.39 is 5.82 Å². The van der Waals surface area contributed by atoms with Crippen LogP contribution in [0.15, 0.2) is 12.1 Å². The van der Waals surface area contributed by atoms with E-state index in [2.05, 4.69) is 19.2 Å². The Balaban J connectivity index is 2.87. The summed E-state index contributed by atoms with van der Waals surface area (Å²) in [7, 11) is 0. The van der Waals surface area contributed by atoms with Crippen LogP contribution in [-0.2, 0) is 0 Å². The third kappa shape index (κ3) is 3.53. The highest BCUT2D eigenvalue weighted by molar-refractivity contribution is 6.39. The van der Waals surface area contributed by atoms with E-state index in [0.717, 1.165) is 19.3 Å².